The number of benzene rings is 1. The quantitative estimate of drug-likeness (QED) is 0.379. The number of hydrogen-bond donors (Lipinski definition) is 4. The van der Waals surface area contributed by atoms with Crippen LogP contribution in [-0.2, 0) is 20.8 Å². The molecule has 1 aromatic rings. The zero-order valence-electron chi connectivity index (χ0n) is 12.5. The molecule has 2 amide bonds. The van der Waals surface area contributed by atoms with Crippen LogP contribution in [-0.4, -0.2) is 47.6 Å². The Hall–Kier alpha value is -2.67. The average molecular weight is 317 g/mol. The first-order chi connectivity index (χ1) is 11.0. The third-order valence-corrected chi connectivity index (χ3v) is 3.47. The van der Waals surface area contributed by atoms with Crippen molar-refractivity contribution in [1.29, 1.82) is 0 Å². The molecule has 23 heavy (non-hydrogen) atoms. The highest BCUT2D eigenvalue weighted by atomic mass is 16.4. The molecule has 122 valence electrons. The van der Waals surface area contributed by atoms with E-state index in [1.165, 1.54) is 0 Å². The van der Waals surface area contributed by atoms with Crippen LogP contribution >= 0.6 is 0 Å². The van der Waals surface area contributed by atoms with E-state index in [1.54, 1.807) is 6.08 Å². The highest BCUT2D eigenvalue weighted by Crippen LogP contribution is 2.12. The zero-order valence-corrected chi connectivity index (χ0v) is 12.5. The van der Waals surface area contributed by atoms with Gasteiger partial charge in [-0.2, -0.15) is 0 Å². The maximum Gasteiger partial charge on any atom is 0.322 e. The Bertz CT molecular complexity index is 603. The Kier molecular flexibility index (Phi) is 5.48. The fourth-order valence-corrected chi connectivity index (χ4v) is 2.20. The summed E-state index contributed by atoms with van der Waals surface area (Å²) in [5, 5.41) is 16.6. The van der Waals surface area contributed by atoms with Crippen LogP contribution in [0.3, 0.4) is 0 Å². The normalized spacial score (nSPS) is 20.2. The van der Waals surface area contributed by atoms with Gasteiger partial charge in [0.2, 0.25) is 11.8 Å². The largest absolute Gasteiger partial charge is 0.480 e. The molecule has 7 heteroatoms. The second kappa shape index (κ2) is 7.55. The SMILES string of the molecule is C=CCNC(=O)[C@H](Cc1ccccc1)NC(=O)[C@H]1N[C@@H]1C(=O)O. The minimum Gasteiger partial charge on any atom is -0.480 e. The van der Waals surface area contributed by atoms with Crippen molar-refractivity contribution in [2.45, 2.75) is 24.5 Å². The van der Waals surface area contributed by atoms with E-state index in [9.17, 15) is 14.4 Å². The monoisotopic (exact) mass is 317 g/mol. The second-order valence-electron chi connectivity index (χ2n) is 5.24. The van der Waals surface area contributed by atoms with Gasteiger partial charge < -0.3 is 15.7 Å². The third kappa shape index (κ3) is 4.65. The van der Waals surface area contributed by atoms with E-state index >= 15 is 0 Å². The van der Waals surface area contributed by atoms with Crippen molar-refractivity contribution in [3.63, 3.8) is 0 Å². The zero-order chi connectivity index (χ0) is 16.8. The molecule has 4 N–H and O–H groups in total. The summed E-state index contributed by atoms with van der Waals surface area (Å²) < 4.78 is 0. The molecule has 1 heterocycles. The van der Waals surface area contributed by atoms with Gasteiger partial charge in [-0.25, -0.2) is 0 Å². The Morgan fingerprint density at radius 3 is 2.52 bits per heavy atom. The summed E-state index contributed by atoms with van der Waals surface area (Å²) in [7, 11) is 0. The molecule has 1 aromatic carbocycles. The number of hydrogen-bond acceptors (Lipinski definition) is 4. The number of nitrogens with one attached hydrogen (secondary N) is 3. The van der Waals surface area contributed by atoms with Crippen molar-refractivity contribution in [2.75, 3.05) is 6.54 Å². The first kappa shape index (κ1) is 16.7. The second-order valence-corrected chi connectivity index (χ2v) is 5.24. The van der Waals surface area contributed by atoms with Gasteiger partial charge in [-0.05, 0) is 5.56 Å². The lowest BCUT2D eigenvalue weighted by Gasteiger charge is -2.18. The van der Waals surface area contributed by atoms with Crippen molar-refractivity contribution in [3.8, 4) is 0 Å². The maximum atomic E-state index is 12.2. The molecule has 0 spiro atoms. The highest BCUT2D eigenvalue weighted by molar-refractivity contribution is 5.97. The van der Waals surface area contributed by atoms with E-state index in [4.69, 9.17) is 5.11 Å². The molecular formula is C16H19N3O4. The Balaban J connectivity index is 2.01. The van der Waals surface area contributed by atoms with Crippen molar-refractivity contribution in [2.24, 2.45) is 0 Å². The standard InChI is InChI=1S/C16H19N3O4/c1-2-8-17-14(20)11(9-10-6-4-3-5-7-10)18-15(21)12-13(19-12)16(22)23/h2-7,11-13,19H,1,8-9H2,(H,17,20)(H,18,21)(H,22,23)/t11-,12-,13-/m0/s1. The van der Waals surface area contributed by atoms with Crippen molar-refractivity contribution in [1.82, 2.24) is 16.0 Å². The molecule has 3 atom stereocenters. The van der Waals surface area contributed by atoms with Crippen molar-refractivity contribution in [3.05, 3.63) is 48.6 Å². The third-order valence-electron chi connectivity index (χ3n) is 3.47. The molecule has 0 radical (unpaired) electrons. The summed E-state index contributed by atoms with van der Waals surface area (Å²) in [5.74, 6) is -1.91. The van der Waals surface area contributed by atoms with Crippen LogP contribution in [0.2, 0.25) is 0 Å². The Morgan fingerprint density at radius 2 is 1.96 bits per heavy atom. The van der Waals surface area contributed by atoms with E-state index in [0.29, 0.717) is 13.0 Å². The van der Waals surface area contributed by atoms with Crippen LogP contribution in [0.4, 0.5) is 0 Å². The van der Waals surface area contributed by atoms with Crippen LogP contribution in [0.5, 0.6) is 0 Å². The van der Waals surface area contributed by atoms with Gasteiger partial charge in [-0.3, -0.25) is 19.7 Å². The van der Waals surface area contributed by atoms with Gasteiger partial charge in [0.1, 0.15) is 18.1 Å². The van der Waals surface area contributed by atoms with Gasteiger partial charge in [-0.1, -0.05) is 36.4 Å². The van der Waals surface area contributed by atoms with Crippen LogP contribution in [0, 0.1) is 0 Å². The summed E-state index contributed by atoms with van der Waals surface area (Å²) >= 11 is 0. The van der Waals surface area contributed by atoms with E-state index < -0.39 is 30.0 Å². The summed E-state index contributed by atoms with van der Waals surface area (Å²) in [6.07, 6.45) is 1.86. The summed E-state index contributed by atoms with van der Waals surface area (Å²) in [6, 6.07) is 6.81. The molecular weight excluding hydrogens is 298 g/mol. The highest BCUT2D eigenvalue weighted by Gasteiger charge is 2.48. The maximum absolute atomic E-state index is 12.2. The number of carbonyl (C=O) groups is 3. The molecule has 0 unspecified atom stereocenters. The van der Waals surface area contributed by atoms with Crippen LogP contribution < -0.4 is 16.0 Å². The van der Waals surface area contributed by atoms with E-state index in [1.807, 2.05) is 30.3 Å². The Labute approximate surface area is 133 Å². The van der Waals surface area contributed by atoms with Crippen molar-refractivity contribution >= 4 is 17.8 Å². The molecule has 2 rings (SSSR count). The molecule has 0 bridgehead atoms. The molecule has 0 aliphatic carbocycles. The number of rotatable bonds is 8. The van der Waals surface area contributed by atoms with Gasteiger partial charge in [0, 0.05) is 13.0 Å². The summed E-state index contributed by atoms with van der Waals surface area (Å²) in [4.78, 5) is 35.0. The number of carbonyl (C=O) groups excluding carboxylic acids is 2. The fraction of sp³-hybridized carbons (Fsp3) is 0.312. The van der Waals surface area contributed by atoms with Crippen LogP contribution in [0.15, 0.2) is 43.0 Å². The van der Waals surface area contributed by atoms with Gasteiger partial charge in [0.25, 0.3) is 0 Å². The van der Waals surface area contributed by atoms with Gasteiger partial charge >= 0.3 is 5.97 Å². The van der Waals surface area contributed by atoms with Crippen molar-refractivity contribution < 1.29 is 19.5 Å². The van der Waals surface area contributed by atoms with E-state index in [-0.39, 0.29) is 5.91 Å². The molecule has 1 saturated heterocycles. The average Bonchev–Trinajstić information content (AvgIpc) is 3.34. The lowest BCUT2D eigenvalue weighted by molar-refractivity contribution is -0.137. The number of carboxylic acids is 1. The van der Waals surface area contributed by atoms with Crippen LogP contribution in [0.25, 0.3) is 0 Å². The fourth-order valence-electron chi connectivity index (χ4n) is 2.20. The lowest BCUT2D eigenvalue weighted by Crippen LogP contribution is -2.49. The molecule has 0 aromatic heterocycles. The molecule has 1 aliphatic heterocycles. The molecule has 0 saturated carbocycles. The first-order valence-electron chi connectivity index (χ1n) is 7.24. The predicted molar refractivity (Wildman–Crippen MR) is 83.6 cm³/mol. The van der Waals surface area contributed by atoms with Gasteiger partial charge in [-0.15, -0.1) is 6.58 Å². The lowest BCUT2D eigenvalue weighted by atomic mass is 10.0. The Morgan fingerprint density at radius 1 is 1.26 bits per heavy atom. The minimum absolute atomic E-state index is 0.291. The van der Waals surface area contributed by atoms with Gasteiger partial charge in [0.05, 0.1) is 0 Å². The molecule has 1 fully saturated rings. The minimum atomic E-state index is -1.08. The van der Waals surface area contributed by atoms with E-state index in [2.05, 4.69) is 22.5 Å². The first-order valence-corrected chi connectivity index (χ1v) is 7.24. The van der Waals surface area contributed by atoms with E-state index in [0.717, 1.165) is 5.56 Å². The topological polar surface area (TPSA) is 117 Å². The predicted octanol–water partition coefficient (Wildman–Crippen LogP) is -0.559. The summed E-state index contributed by atoms with van der Waals surface area (Å²) in [6.45, 7) is 3.82. The summed E-state index contributed by atoms with van der Waals surface area (Å²) in [5.41, 5.74) is 0.894. The molecule has 1 aliphatic rings. The van der Waals surface area contributed by atoms with Gasteiger partial charge in [0.15, 0.2) is 0 Å². The molecule has 7 nitrogen and oxygen atoms in total. The number of carboxylic acid groups (broad SMARTS) is 1. The smallest absolute Gasteiger partial charge is 0.322 e. The van der Waals surface area contributed by atoms with Crippen LogP contribution in [0.1, 0.15) is 5.56 Å². The number of amides is 2. The number of aliphatic carboxylic acids is 1.